The second-order valence-electron chi connectivity index (χ2n) is 11.8. The lowest BCUT2D eigenvalue weighted by Gasteiger charge is -2.44. The van der Waals surface area contributed by atoms with Gasteiger partial charge < -0.3 is 4.18 Å². The SMILES string of the molecule is CC1(C)CC(=O)C2C(=NC3=C(C(=O)CC(C)(C)C3)[C@H]2c2ccc(OS(=O)(=O)c3ccccc3)cc2)C1. The third-order valence-electron chi connectivity index (χ3n) is 7.31. The highest BCUT2D eigenvalue weighted by Gasteiger charge is 2.49. The van der Waals surface area contributed by atoms with Gasteiger partial charge in [-0.2, -0.15) is 8.42 Å². The van der Waals surface area contributed by atoms with E-state index < -0.39 is 22.0 Å². The van der Waals surface area contributed by atoms with E-state index in [0.29, 0.717) is 31.3 Å². The quantitative estimate of drug-likeness (QED) is 0.502. The summed E-state index contributed by atoms with van der Waals surface area (Å²) in [4.78, 5) is 31.9. The van der Waals surface area contributed by atoms with E-state index in [1.165, 1.54) is 12.1 Å². The molecule has 1 unspecified atom stereocenters. The van der Waals surface area contributed by atoms with Gasteiger partial charge in [0, 0.05) is 35.7 Å². The first-order chi connectivity index (χ1) is 16.9. The molecule has 2 atom stereocenters. The predicted octanol–water partition coefficient (Wildman–Crippen LogP) is 5.64. The fourth-order valence-corrected chi connectivity index (χ4v) is 6.82. The molecule has 0 saturated heterocycles. The highest BCUT2D eigenvalue weighted by molar-refractivity contribution is 7.87. The van der Waals surface area contributed by atoms with Gasteiger partial charge in [0.05, 0.1) is 5.92 Å². The summed E-state index contributed by atoms with van der Waals surface area (Å²) in [6, 6.07) is 14.7. The van der Waals surface area contributed by atoms with Crippen molar-refractivity contribution >= 4 is 27.4 Å². The lowest BCUT2D eigenvalue weighted by atomic mass is 9.60. The van der Waals surface area contributed by atoms with Crippen molar-refractivity contribution in [2.45, 2.75) is 64.2 Å². The summed E-state index contributed by atoms with van der Waals surface area (Å²) in [7, 11) is -3.97. The standard InChI is InChI=1S/C29H31NO5S/c1-28(2)14-21-26(23(31)16-28)25(27-22(30-21)15-29(3,4)17-24(27)32)18-10-12-19(13-11-18)35-36(33,34)20-8-6-5-7-9-20/h5-13,25-26H,14-17H2,1-4H3/t25-,26?/m0/s1. The van der Waals surface area contributed by atoms with Gasteiger partial charge in [-0.1, -0.05) is 58.0 Å². The molecule has 0 amide bonds. The average Bonchev–Trinajstić information content (AvgIpc) is 2.77. The number of ketones is 2. The molecule has 0 radical (unpaired) electrons. The van der Waals surface area contributed by atoms with Crippen LogP contribution in [0, 0.1) is 16.7 Å². The molecule has 0 spiro atoms. The van der Waals surface area contributed by atoms with Gasteiger partial charge in [-0.05, 0) is 53.5 Å². The zero-order valence-corrected chi connectivity index (χ0v) is 21.9. The van der Waals surface area contributed by atoms with Gasteiger partial charge in [0.2, 0.25) is 0 Å². The van der Waals surface area contributed by atoms with Gasteiger partial charge in [0.1, 0.15) is 16.4 Å². The zero-order valence-electron chi connectivity index (χ0n) is 21.1. The smallest absolute Gasteiger partial charge is 0.339 e. The van der Waals surface area contributed by atoms with Crippen LogP contribution in [0.25, 0.3) is 0 Å². The molecule has 5 rings (SSSR count). The Bertz CT molecular complexity index is 1400. The monoisotopic (exact) mass is 505 g/mol. The maximum absolute atomic E-state index is 13.4. The summed E-state index contributed by atoms with van der Waals surface area (Å²) < 4.78 is 30.6. The first-order valence-electron chi connectivity index (χ1n) is 12.3. The number of Topliss-reactive ketones (excluding diaryl/α,β-unsaturated/α-hetero) is 2. The van der Waals surface area contributed by atoms with Crippen LogP contribution < -0.4 is 4.18 Å². The van der Waals surface area contributed by atoms with Crippen molar-refractivity contribution in [1.29, 1.82) is 0 Å². The molecule has 1 aliphatic heterocycles. The van der Waals surface area contributed by atoms with Crippen LogP contribution in [-0.4, -0.2) is 25.7 Å². The molecule has 0 bridgehead atoms. The molecular formula is C29H31NO5S. The van der Waals surface area contributed by atoms with Crippen molar-refractivity contribution in [1.82, 2.24) is 0 Å². The second kappa shape index (κ2) is 8.51. The molecule has 0 N–H and O–H groups in total. The van der Waals surface area contributed by atoms with Crippen LogP contribution in [0.3, 0.4) is 0 Å². The largest absolute Gasteiger partial charge is 0.379 e. The van der Waals surface area contributed by atoms with E-state index in [4.69, 9.17) is 9.18 Å². The van der Waals surface area contributed by atoms with Gasteiger partial charge in [0.25, 0.3) is 0 Å². The van der Waals surface area contributed by atoms with Crippen LogP contribution in [0.4, 0.5) is 0 Å². The lowest BCUT2D eigenvalue weighted by Crippen LogP contribution is -2.45. The lowest BCUT2D eigenvalue weighted by molar-refractivity contribution is -0.124. The normalized spacial score (nSPS) is 25.1. The van der Waals surface area contributed by atoms with E-state index in [-0.39, 0.29) is 33.0 Å². The number of carbonyl (C=O) groups is 2. The molecule has 2 aromatic carbocycles. The van der Waals surface area contributed by atoms with E-state index in [2.05, 4.69) is 27.7 Å². The molecule has 2 aromatic rings. The highest BCUT2D eigenvalue weighted by Crippen LogP contribution is 2.51. The molecule has 1 fully saturated rings. The summed E-state index contributed by atoms with van der Waals surface area (Å²) in [5, 5.41) is 0. The average molecular weight is 506 g/mol. The van der Waals surface area contributed by atoms with Crippen molar-refractivity contribution in [2.24, 2.45) is 21.7 Å². The molecular weight excluding hydrogens is 474 g/mol. The first-order valence-corrected chi connectivity index (χ1v) is 13.7. The molecule has 36 heavy (non-hydrogen) atoms. The van der Waals surface area contributed by atoms with Crippen molar-refractivity contribution < 1.29 is 22.2 Å². The Morgan fingerprint density at radius 2 is 1.44 bits per heavy atom. The number of rotatable bonds is 4. The number of benzene rings is 2. The van der Waals surface area contributed by atoms with Gasteiger partial charge >= 0.3 is 10.1 Å². The highest BCUT2D eigenvalue weighted by atomic mass is 32.2. The molecule has 7 heteroatoms. The van der Waals surface area contributed by atoms with Crippen molar-refractivity contribution in [3.05, 3.63) is 71.4 Å². The minimum Gasteiger partial charge on any atom is -0.379 e. The zero-order chi connectivity index (χ0) is 25.9. The molecule has 188 valence electrons. The third kappa shape index (κ3) is 4.57. The van der Waals surface area contributed by atoms with Crippen molar-refractivity contribution in [3.8, 4) is 5.75 Å². The van der Waals surface area contributed by atoms with Crippen molar-refractivity contribution in [2.75, 3.05) is 0 Å². The number of allylic oxidation sites excluding steroid dienone is 2. The summed E-state index contributed by atoms with van der Waals surface area (Å²) in [5.74, 6) is -0.570. The Balaban J connectivity index is 1.53. The Labute approximate surface area is 212 Å². The fraction of sp³-hybridized carbons (Fsp3) is 0.414. The Hall–Kier alpha value is -3.06. The van der Waals surface area contributed by atoms with E-state index in [1.807, 2.05) is 0 Å². The molecule has 0 aromatic heterocycles. The number of nitrogens with zero attached hydrogens (tertiary/aromatic N) is 1. The van der Waals surface area contributed by atoms with E-state index >= 15 is 0 Å². The Morgan fingerprint density at radius 1 is 0.806 bits per heavy atom. The van der Waals surface area contributed by atoms with Crippen LogP contribution in [0.5, 0.6) is 5.75 Å². The van der Waals surface area contributed by atoms with E-state index in [9.17, 15) is 18.0 Å². The maximum atomic E-state index is 13.4. The molecule has 6 nitrogen and oxygen atoms in total. The molecule has 1 saturated carbocycles. The van der Waals surface area contributed by atoms with Crippen LogP contribution in [-0.2, 0) is 19.7 Å². The Kier molecular flexibility index (Phi) is 5.82. The first kappa shape index (κ1) is 24.6. The van der Waals surface area contributed by atoms with E-state index in [0.717, 1.165) is 17.0 Å². The Morgan fingerprint density at radius 3 is 2.11 bits per heavy atom. The molecule has 2 aliphatic carbocycles. The minimum absolute atomic E-state index is 0.0404. The number of hydrogen-bond donors (Lipinski definition) is 0. The second-order valence-corrected chi connectivity index (χ2v) is 13.3. The number of hydrogen-bond acceptors (Lipinski definition) is 6. The van der Waals surface area contributed by atoms with Gasteiger partial charge in [-0.3, -0.25) is 14.6 Å². The molecule has 1 heterocycles. The maximum Gasteiger partial charge on any atom is 0.339 e. The topological polar surface area (TPSA) is 89.9 Å². The number of aliphatic imine (C=N–C) groups is 1. The summed E-state index contributed by atoms with van der Waals surface area (Å²) in [5.41, 5.74) is 2.73. The predicted molar refractivity (Wildman–Crippen MR) is 137 cm³/mol. The van der Waals surface area contributed by atoms with Crippen LogP contribution >= 0.6 is 0 Å². The summed E-state index contributed by atoms with van der Waals surface area (Å²) in [6.07, 6.45) is 2.25. The number of carbonyl (C=O) groups excluding carboxylic acids is 2. The van der Waals surface area contributed by atoms with Gasteiger partial charge in [0.15, 0.2) is 5.78 Å². The van der Waals surface area contributed by atoms with Gasteiger partial charge in [-0.15, -0.1) is 0 Å². The molecule has 3 aliphatic rings. The van der Waals surface area contributed by atoms with E-state index in [1.54, 1.807) is 42.5 Å². The third-order valence-corrected chi connectivity index (χ3v) is 8.58. The van der Waals surface area contributed by atoms with Crippen LogP contribution in [0.2, 0.25) is 0 Å². The number of fused-ring (bicyclic) bond motifs is 1. The minimum atomic E-state index is -3.97. The van der Waals surface area contributed by atoms with Gasteiger partial charge in [-0.25, -0.2) is 0 Å². The van der Waals surface area contributed by atoms with Crippen LogP contribution in [0.1, 0.15) is 64.9 Å². The van der Waals surface area contributed by atoms with Crippen LogP contribution in [0.15, 0.2) is 75.8 Å². The fourth-order valence-electron chi connectivity index (χ4n) is 5.86. The summed E-state index contributed by atoms with van der Waals surface area (Å²) in [6.45, 7) is 8.31. The summed E-state index contributed by atoms with van der Waals surface area (Å²) >= 11 is 0. The van der Waals surface area contributed by atoms with Crippen molar-refractivity contribution in [3.63, 3.8) is 0 Å².